The largest absolute Gasteiger partial charge is 0.319 e. The van der Waals surface area contributed by atoms with Crippen molar-refractivity contribution in [1.29, 1.82) is 0 Å². The van der Waals surface area contributed by atoms with Crippen molar-refractivity contribution in [2.75, 3.05) is 13.6 Å². The average molecular weight is 219 g/mol. The maximum Gasteiger partial charge on any atom is -0.00173 e. The molecule has 0 unspecified atom stereocenters. The van der Waals surface area contributed by atoms with Crippen molar-refractivity contribution in [3.8, 4) is 0 Å². The summed E-state index contributed by atoms with van der Waals surface area (Å²) < 4.78 is 0. The van der Waals surface area contributed by atoms with Crippen molar-refractivity contribution in [2.24, 2.45) is 29.6 Å². The van der Waals surface area contributed by atoms with E-state index in [-0.39, 0.29) is 0 Å². The van der Waals surface area contributed by atoms with Gasteiger partial charge in [-0.1, -0.05) is 12.2 Å². The minimum Gasteiger partial charge on any atom is -0.319 e. The predicted octanol–water partition coefficient (Wildman–Crippen LogP) is 3.22. The van der Waals surface area contributed by atoms with E-state index in [1.165, 1.54) is 6.42 Å². The van der Waals surface area contributed by atoms with Crippen molar-refractivity contribution >= 4 is 0 Å². The molecule has 0 amide bonds. The lowest BCUT2D eigenvalue weighted by atomic mass is 9.52. The Balaban J connectivity index is 1.61. The Hall–Kier alpha value is -0.300. The van der Waals surface area contributed by atoms with Gasteiger partial charge in [-0.25, -0.2) is 0 Å². The summed E-state index contributed by atoms with van der Waals surface area (Å²) in [6.07, 6.45) is 14.0. The Morgan fingerprint density at radius 1 is 1.00 bits per heavy atom. The molecular formula is C15H25N. The van der Waals surface area contributed by atoms with Gasteiger partial charge >= 0.3 is 0 Å². The van der Waals surface area contributed by atoms with Crippen LogP contribution in [0.25, 0.3) is 0 Å². The fourth-order valence-corrected chi connectivity index (χ4v) is 4.76. The van der Waals surface area contributed by atoms with Crippen LogP contribution in [0.3, 0.4) is 0 Å². The summed E-state index contributed by atoms with van der Waals surface area (Å²) >= 11 is 0. The zero-order valence-corrected chi connectivity index (χ0v) is 10.5. The molecule has 4 bridgehead atoms. The SMILES string of the molecule is CNCC/C=C/C1C2CC3CC(C2)CC1C3. The summed E-state index contributed by atoms with van der Waals surface area (Å²) in [5.74, 6) is 5.29. The molecule has 4 fully saturated rings. The van der Waals surface area contributed by atoms with Crippen LogP contribution >= 0.6 is 0 Å². The van der Waals surface area contributed by atoms with E-state index in [1.54, 1.807) is 32.1 Å². The number of allylic oxidation sites excluding steroid dienone is 1. The molecule has 0 aliphatic heterocycles. The van der Waals surface area contributed by atoms with Gasteiger partial charge in [0.25, 0.3) is 0 Å². The normalized spacial score (nSPS) is 45.7. The van der Waals surface area contributed by atoms with E-state index in [9.17, 15) is 0 Å². The van der Waals surface area contributed by atoms with E-state index in [2.05, 4.69) is 17.5 Å². The van der Waals surface area contributed by atoms with Crippen molar-refractivity contribution in [3.63, 3.8) is 0 Å². The van der Waals surface area contributed by atoms with E-state index in [0.29, 0.717) is 0 Å². The van der Waals surface area contributed by atoms with Crippen molar-refractivity contribution in [2.45, 2.75) is 38.5 Å². The van der Waals surface area contributed by atoms with E-state index >= 15 is 0 Å². The summed E-state index contributed by atoms with van der Waals surface area (Å²) in [7, 11) is 2.04. The zero-order chi connectivity index (χ0) is 11.0. The van der Waals surface area contributed by atoms with Crippen LogP contribution in [0.4, 0.5) is 0 Å². The summed E-state index contributed by atoms with van der Waals surface area (Å²) in [5, 5.41) is 3.22. The quantitative estimate of drug-likeness (QED) is 0.565. The third kappa shape index (κ3) is 1.95. The number of rotatable bonds is 4. The third-order valence-electron chi connectivity index (χ3n) is 5.22. The van der Waals surface area contributed by atoms with Crippen LogP contribution in [0.2, 0.25) is 0 Å². The molecule has 4 rings (SSSR count). The van der Waals surface area contributed by atoms with E-state index < -0.39 is 0 Å². The van der Waals surface area contributed by atoms with Gasteiger partial charge in [0.2, 0.25) is 0 Å². The maximum atomic E-state index is 3.22. The summed E-state index contributed by atoms with van der Waals surface area (Å²) in [6, 6.07) is 0. The molecule has 0 heterocycles. The van der Waals surface area contributed by atoms with Crippen LogP contribution in [-0.2, 0) is 0 Å². The third-order valence-corrected chi connectivity index (χ3v) is 5.22. The molecule has 0 saturated heterocycles. The molecule has 90 valence electrons. The molecule has 4 aliphatic carbocycles. The van der Waals surface area contributed by atoms with Crippen LogP contribution < -0.4 is 5.32 Å². The first-order valence-corrected chi connectivity index (χ1v) is 7.18. The minimum atomic E-state index is 0.949. The molecule has 0 aromatic heterocycles. The Bertz CT molecular complexity index is 241. The van der Waals surface area contributed by atoms with Crippen molar-refractivity contribution in [1.82, 2.24) is 5.32 Å². The molecule has 0 atom stereocenters. The lowest BCUT2D eigenvalue weighted by Crippen LogP contribution is -2.44. The molecule has 1 heteroatoms. The van der Waals surface area contributed by atoms with Crippen LogP contribution in [-0.4, -0.2) is 13.6 Å². The molecule has 16 heavy (non-hydrogen) atoms. The Kier molecular flexibility index (Phi) is 3.06. The lowest BCUT2D eigenvalue weighted by Gasteiger charge is -2.53. The highest BCUT2D eigenvalue weighted by Crippen LogP contribution is 2.56. The second-order valence-electron chi connectivity index (χ2n) is 6.33. The van der Waals surface area contributed by atoms with E-state index in [1.807, 2.05) is 7.05 Å². The van der Waals surface area contributed by atoms with Gasteiger partial charge in [-0.3, -0.25) is 0 Å². The topological polar surface area (TPSA) is 12.0 Å². The molecule has 4 saturated carbocycles. The monoisotopic (exact) mass is 219 g/mol. The standard InChI is InChI=1S/C15H25N/c1-16-5-3-2-4-15-13-7-11-6-12(9-13)10-14(15)8-11/h2,4,11-16H,3,5-10H2,1H3/b4-2+. The van der Waals surface area contributed by atoms with Gasteiger partial charge in [0.05, 0.1) is 0 Å². The summed E-state index contributed by atoms with van der Waals surface area (Å²) in [4.78, 5) is 0. The fourth-order valence-electron chi connectivity index (χ4n) is 4.76. The van der Waals surface area contributed by atoms with E-state index in [0.717, 1.165) is 36.1 Å². The van der Waals surface area contributed by atoms with E-state index in [4.69, 9.17) is 0 Å². The first-order valence-electron chi connectivity index (χ1n) is 7.18. The fraction of sp³-hybridized carbons (Fsp3) is 0.867. The Morgan fingerprint density at radius 3 is 2.19 bits per heavy atom. The van der Waals surface area contributed by atoms with Crippen LogP contribution in [0.5, 0.6) is 0 Å². The van der Waals surface area contributed by atoms with Gasteiger partial charge in [-0.15, -0.1) is 0 Å². The molecule has 0 radical (unpaired) electrons. The van der Waals surface area contributed by atoms with Crippen LogP contribution in [0, 0.1) is 29.6 Å². The molecule has 4 aliphatic rings. The molecular weight excluding hydrogens is 194 g/mol. The van der Waals surface area contributed by atoms with Gasteiger partial charge in [0, 0.05) is 0 Å². The van der Waals surface area contributed by atoms with Gasteiger partial charge in [-0.2, -0.15) is 0 Å². The van der Waals surface area contributed by atoms with Gasteiger partial charge in [0.1, 0.15) is 0 Å². The first-order chi connectivity index (χ1) is 7.86. The second kappa shape index (κ2) is 4.52. The molecule has 0 spiro atoms. The highest BCUT2D eigenvalue weighted by Gasteiger charge is 2.46. The molecule has 0 aromatic carbocycles. The minimum absolute atomic E-state index is 0.949. The second-order valence-corrected chi connectivity index (χ2v) is 6.33. The van der Waals surface area contributed by atoms with Gasteiger partial charge in [0.15, 0.2) is 0 Å². The number of hydrogen-bond donors (Lipinski definition) is 1. The van der Waals surface area contributed by atoms with Crippen molar-refractivity contribution in [3.05, 3.63) is 12.2 Å². The van der Waals surface area contributed by atoms with Crippen LogP contribution in [0.1, 0.15) is 38.5 Å². The summed E-state index contributed by atoms with van der Waals surface area (Å²) in [6.45, 7) is 1.13. The zero-order valence-electron chi connectivity index (χ0n) is 10.5. The highest BCUT2D eigenvalue weighted by atomic mass is 14.8. The average Bonchev–Trinajstić information content (AvgIpc) is 2.26. The molecule has 1 N–H and O–H groups in total. The van der Waals surface area contributed by atoms with Crippen molar-refractivity contribution < 1.29 is 0 Å². The predicted molar refractivity (Wildman–Crippen MR) is 68.2 cm³/mol. The van der Waals surface area contributed by atoms with Gasteiger partial charge < -0.3 is 5.32 Å². The highest BCUT2D eigenvalue weighted by molar-refractivity contribution is 5.05. The summed E-state index contributed by atoms with van der Waals surface area (Å²) in [5.41, 5.74) is 0. The lowest BCUT2D eigenvalue weighted by molar-refractivity contribution is -0.0162. The smallest absolute Gasteiger partial charge is 0.00173 e. The number of nitrogens with one attached hydrogen (secondary N) is 1. The molecule has 1 nitrogen and oxygen atoms in total. The van der Waals surface area contributed by atoms with Gasteiger partial charge in [-0.05, 0) is 81.7 Å². The maximum absolute atomic E-state index is 3.22. The van der Waals surface area contributed by atoms with Crippen LogP contribution in [0.15, 0.2) is 12.2 Å². The Labute approximate surface area is 99.7 Å². The first kappa shape index (κ1) is 10.8. The Morgan fingerprint density at radius 2 is 1.62 bits per heavy atom. The number of hydrogen-bond acceptors (Lipinski definition) is 1. The molecule has 0 aromatic rings.